The molecule has 3 aromatic carbocycles. The fraction of sp³-hybridized carbons (Fsp3) is 0.133. The predicted molar refractivity (Wildman–Crippen MR) is 158 cm³/mol. The van der Waals surface area contributed by atoms with E-state index in [0.717, 1.165) is 33.6 Å². The maximum Gasteiger partial charge on any atom is 0.264 e. The molecule has 0 atom stereocenters. The molecule has 0 aliphatic carbocycles. The number of benzene rings is 3. The van der Waals surface area contributed by atoms with Crippen LogP contribution in [0.2, 0.25) is 0 Å². The summed E-state index contributed by atoms with van der Waals surface area (Å²) in [4.78, 5) is 28.1. The van der Waals surface area contributed by atoms with E-state index in [2.05, 4.69) is 21.1 Å². The van der Waals surface area contributed by atoms with E-state index in [1.165, 1.54) is 12.2 Å². The maximum absolute atomic E-state index is 12.0. The molecule has 38 heavy (non-hydrogen) atoms. The maximum atomic E-state index is 12.0. The van der Waals surface area contributed by atoms with Gasteiger partial charge in [-0.25, -0.2) is 10.9 Å². The molecular weight excluding hydrogens is 476 g/mol. The second-order valence-electron chi connectivity index (χ2n) is 8.77. The van der Waals surface area contributed by atoms with E-state index in [1.807, 2.05) is 111 Å². The zero-order chi connectivity index (χ0) is 27.3. The van der Waals surface area contributed by atoms with Crippen molar-refractivity contribution in [2.24, 2.45) is 10.2 Å². The molecule has 0 heterocycles. The normalized spacial score (nSPS) is 11.5. The quantitative estimate of drug-likeness (QED) is 0.245. The van der Waals surface area contributed by atoms with E-state index < -0.39 is 0 Å². The van der Waals surface area contributed by atoms with Crippen molar-refractivity contribution >= 4 is 47.8 Å². The van der Waals surface area contributed by atoms with Gasteiger partial charge in [-0.3, -0.25) is 9.59 Å². The van der Waals surface area contributed by atoms with Crippen molar-refractivity contribution < 1.29 is 9.59 Å². The molecule has 0 aliphatic heterocycles. The van der Waals surface area contributed by atoms with Crippen LogP contribution in [0.15, 0.2) is 95.2 Å². The number of carbonyl (C=O) groups is 2. The summed E-state index contributed by atoms with van der Waals surface area (Å²) in [5.41, 5.74) is 10.6. The number of hydrogen-bond donors (Lipinski definition) is 2. The Morgan fingerprint density at radius 2 is 0.868 bits per heavy atom. The van der Waals surface area contributed by atoms with Crippen molar-refractivity contribution in [2.45, 2.75) is 0 Å². The Morgan fingerprint density at radius 1 is 0.553 bits per heavy atom. The van der Waals surface area contributed by atoms with Gasteiger partial charge in [-0.15, -0.1) is 0 Å². The highest BCUT2D eigenvalue weighted by molar-refractivity contribution is 5.93. The first kappa shape index (κ1) is 27.6. The number of nitrogens with zero attached hydrogens (tertiary/aromatic N) is 4. The van der Waals surface area contributed by atoms with E-state index in [-0.39, 0.29) is 11.8 Å². The molecule has 0 unspecified atom stereocenters. The van der Waals surface area contributed by atoms with Crippen molar-refractivity contribution in [3.05, 3.63) is 107 Å². The predicted octanol–water partition coefficient (Wildman–Crippen LogP) is 4.15. The first-order valence-electron chi connectivity index (χ1n) is 12.0. The van der Waals surface area contributed by atoms with Gasteiger partial charge in [-0.2, -0.15) is 10.2 Å². The molecule has 3 aromatic rings. The van der Waals surface area contributed by atoms with Gasteiger partial charge in [0.05, 0.1) is 12.4 Å². The van der Waals surface area contributed by atoms with Gasteiger partial charge in [-0.05, 0) is 58.7 Å². The lowest BCUT2D eigenvalue weighted by Gasteiger charge is -2.11. The highest BCUT2D eigenvalue weighted by Crippen LogP contribution is 2.12. The minimum absolute atomic E-state index is 0.332. The molecule has 0 aromatic heterocycles. The highest BCUT2D eigenvalue weighted by atomic mass is 16.2. The lowest BCUT2D eigenvalue weighted by molar-refractivity contribution is -0.117. The number of hydrogen-bond acceptors (Lipinski definition) is 6. The van der Waals surface area contributed by atoms with Crippen molar-refractivity contribution in [3.63, 3.8) is 0 Å². The van der Waals surface area contributed by atoms with Crippen LogP contribution < -0.4 is 20.7 Å². The Kier molecular flexibility index (Phi) is 10.1. The van der Waals surface area contributed by atoms with Gasteiger partial charge in [0.2, 0.25) is 0 Å². The Balaban J connectivity index is 1.43. The second-order valence-corrected chi connectivity index (χ2v) is 8.77. The smallest absolute Gasteiger partial charge is 0.264 e. The van der Waals surface area contributed by atoms with Crippen LogP contribution in [-0.4, -0.2) is 52.4 Å². The molecule has 2 amide bonds. The summed E-state index contributed by atoms with van der Waals surface area (Å²) in [6, 6.07) is 23.1. The molecule has 8 nitrogen and oxygen atoms in total. The molecule has 0 fully saturated rings. The van der Waals surface area contributed by atoms with E-state index in [4.69, 9.17) is 0 Å². The number of amides is 2. The van der Waals surface area contributed by atoms with Crippen molar-refractivity contribution in [2.75, 3.05) is 38.0 Å². The number of hydrazone groups is 2. The van der Waals surface area contributed by atoms with Crippen LogP contribution in [0.1, 0.15) is 22.3 Å². The van der Waals surface area contributed by atoms with Gasteiger partial charge in [0.25, 0.3) is 11.8 Å². The summed E-state index contributed by atoms with van der Waals surface area (Å²) in [6.07, 6.45) is 9.40. The Hall–Kier alpha value is -4.98. The topological polar surface area (TPSA) is 89.4 Å². The number of carbonyl (C=O) groups excluding carboxylic acids is 2. The fourth-order valence-corrected chi connectivity index (χ4v) is 3.19. The van der Waals surface area contributed by atoms with Gasteiger partial charge in [-0.1, -0.05) is 48.5 Å². The minimum Gasteiger partial charge on any atom is -0.378 e. The summed E-state index contributed by atoms with van der Waals surface area (Å²) >= 11 is 0. The van der Waals surface area contributed by atoms with Crippen LogP contribution in [-0.2, 0) is 9.59 Å². The first-order valence-corrected chi connectivity index (χ1v) is 12.0. The van der Waals surface area contributed by atoms with Crippen molar-refractivity contribution in [1.29, 1.82) is 0 Å². The van der Waals surface area contributed by atoms with Crippen LogP contribution in [0.3, 0.4) is 0 Å². The zero-order valence-electron chi connectivity index (χ0n) is 22.0. The van der Waals surface area contributed by atoms with E-state index in [0.29, 0.717) is 0 Å². The largest absolute Gasteiger partial charge is 0.378 e. The number of nitrogens with one attached hydrogen (secondary N) is 2. The summed E-state index contributed by atoms with van der Waals surface area (Å²) in [6.45, 7) is 0. The summed E-state index contributed by atoms with van der Waals surface area (Å²) in [5, 5.41) is 7.97. The monoisotopic (exact) mass is 508 g/mol. The standard InChI is InChI=1S/C30H32N6O2/c1-35(2)27-15-9-25(10-16-27)21-31-33-29(37)19-13-23-5-7-24(8-6-23)14-20-30(38)34-32-22-26-11-17-28(18-12-26)36(3)4/h5-22H,1-4H3,(H,33,37)(H,34,38)/b19-13+,20-14+,31-21+,32-22+. The molecule has 0 bridgehead atoms. The first-order chi connectivity index (χ1) is 18.3. The lowest BCUT2D eigenvalue weighted by Crippen LogP contribution is -2.14. The molecular formula is C30H32N6O2. The molecule has 0 radical (unpaired) electrons. The SMILES string of the molecule is CN(C)c1ccc(/C=N/NC(=O)/C=C/c2ccc(/C=C/C(=O)N/N=C/c3ccc(N(C)C)cc3)cc2)cc1. The third-order valence-electron chi connectivity index (χ3n) is 5.39. The van der Waals surface area contributed by atoms with Crippen LogP contribution in [0.25, 0.3) is 12.2 Å². The molecule has 0 saturated carbocycles. The lowest BCUT2D eigenvalue weighted by atomic mass is 10.1. The summed E-state index contributed by atoms with van der Waals surface area (Å²) in [5.74, 6) is -0.665. The molecule has 8 heteroatoms. The fourth-order valence-electron chi connectivity index (χ4n) is 3.19. The molecule has 0 spiro atoms. The van der Waals surface area contributed by atoms with Crippen LogP contribution in [0.5, 0.6) is 0 Å². The summed E-state index contributed by atoms with van der Waals surface area (Å²) < 4.78 is 0. The average molecular weight is 509 g/mol. The Morgan fingerprint density at radius 3 is 1.18 bits per heavy atom. The Labute approximate surface area is 223 Å². The number of anilines is 2. The summed E-state index contributed by atoms with van der Waals surface area (Å²) in [7, 11) is 7.90. The van der Waals surface area contributed by atoms with Gasteiger partial charge in [0, 0.05) is 51.7 Å². The van der Waals surface area contributed by atoms with E-state index in [1.54, 1.807) is 24.6 Å². The third-order valence-corrected chi connectivity index (χ3v) is 5.39. The Bertz CT molecular complexity index is 1220. The second kappa shape index (κ2) is 13.9. The van der Waals surface area contributed by atoms with Gasteiger partial charge < -0.3 is 9.80 Å². The molecule has 3 rings (SSSR count). The van der Waals surface area contributed by atoms with Crippen molar-refractivity contribution in [3.8, 4) is 0 Å². The van der Waals surface area contributed by atoms with E-state index in [9.17, 15) is 9.59 Å². The molecule has 2 N–H and O–H groups in total. The van der Waals surface area contributed by atoms with Crippen LogP contribution in [0, 0.1) is 0 Å². The molecule has 194 valence electrons. The average Bonchev–Trinajstić information content (AvgIpc) is 2.92. The van der Waals surface area contributed by atoms with Crippen LogP contribution >= 0.6 is 0 Å². The van der Waals surface area contributed by atoms with Gasteiger partial charge in [0.15, 0.2) is 0 Å². The van der Waals surface area contributed by atoms with Gasteiger partial charge in [0.1, 0.15) is 0 Å². The van der Waals surface area contributed by atoms with E-state index >= 15 is 0 Å². The van der Waals surface area contributed by atoms with Crippen LogP contribution in [0.4, 0.5) is 11.4 Å². The highest BCUT2D eigenvalue weighted by Gasteiger charge is 1.98. The number of rotatable bonds is 10. The van der Waals surface area contributed by atoms with Gasteiger partial charge >= 0.3 is 0 Å². The minimum atomic E-state index is -0.332. The third kappa shape index (κ3) is 9.23. The zero-order valence-corrected chi connectivity index (χ0v) is 22.0. The molecule has 0 saturated heterocycles. The molecule has 0 aliphatic rings. The van der Waals surface area contributed by atoms with Crippen molar-refractivity contribution in [1.82, 2.24) is 10.9 Å².